The molecule has 2 amide bonds. The predicted molar refractivity (Wildman–Crippen MR) is 194 cm³/mol. The summed E-state index contributed by atoms with van der Waals surface area (Å²) in [6.45, 7) is 0.531. The van der Waals surface area contributed by atoms with Crippen LogP contribution >= 0.6 is 11.6 Å². The summed E-state index contributed by atoms with van der Waals surface area (Å²) >= 11 is 6.02. The van der Waals surface area contributed by atoms with Crippen LogP contribution in [0.4, 0.5) is 30.8 Å². The van der Waals surface area contributed by atoms with Crippen LogP contribution in [-0.2, 0) is 21.5 Å². The maximum atomic E-state index is 13.3. The van der Waals surface area contributed by atoms with E-state index < -0.39 is 53.6 Å². The maximum absolute atomic E-state index is 13.3. The van der Waals surface area contributed by atoms with Crippen LogP contribution in [0.2, 0.25) is 5.02 Å². The first kappa shape index (κ1) is 40.6. The SMILES string of the molecule is CNCCC[C@@H](NC(=O)c1ccc(Nc2nc(NC3(c4ccc(Cl)cc4)CC3)nc(OC(O)(O)C(F)(F)F)n2)cc1)C(=O)N[C@@H](Cc1ccccc1)C(=O)O. The number of amides is 2. The summed E-state index contributed by atoms with van der Waals surface area (Å²) in [5, 5.41) is 43.4. The second-order valence-corrected chi connectivity index (χ2v) is 13.2. The summed E-state index contributed by atoms with van der Waals surface area (Å²) < 4.78 is 44.1. The Morgan fingerprint density at radius 2 is 1.55 bits per heavy atom. The number of alkyl halides is 3. The van der Waals surface area contributed by atoms with Gasteiger partial charge in [0, 0.05) is 22.7 Å². The van der Waals surface area contributed by atoms with E-state index in [-0.39, 0.29) is 36.0 Å². The molecule has 1 aliphatic rings. The number of ether oxygens (including phenoxy) is 1. The number of anilines is 3. The molecule has 4 aromatic rings. The largest absolute Gasteiger partial charge is 0.486 e. The Labute approximate surface area is 317 Å². The van der Waals surface area contributed by atoms with Crippen LogP contribution in [0.5, 0.6) is 6.01 Å². The molecule has 5 rings (SSSR count). The summed E-state index contributed by atoms with van der Waals surface area (Å²) in [6.07, 6.45) is -3.67. The fourth-order valence-corrected chi connectivity index (χ4v) is 5.57. The van der Waals surface area contributed by atoms with Gasteiger partial charge in [0.2, 0.25) is 17.8 Å². The number of hydrogen-bond acceptors (Lipinski definition) is 12. The van der Waals surface area contributed by atoms with Crippen molar-refractivity contribution in [1.82, 2.24) is 30.9 Å². The van der Waals surface area contributed by atoms with Gasteiger partial charge >= 0.3 is 24.1 Å². The molecule has 1 heterocycles. The number of carboxylic acid groups (broad SMARTS) is 1. The molecule has 55 heavy (non-hydrogen) atoms. The fraction of sp³-hybridized carbons (Fsp3) is 0.333. The molecule has 1 aliphatic carbocycles. The molecular weight excluding hydrogens is 749 g/mol. The van der Waals surface area contributed by atoms with E-state index in [1.807, 2.05) is 0 Å². The number of aliphatic carboxylic acids is 1. The molecule has 1 saturated carbocycles. The third kappa shape index (κ3) is 11.0. The lowest BCUT2D eigenvalue weighted by Gasteiger charge is -2.24. The van der Waals surface area contributed by atoms with E-state index in [0.717, 1.165) is 5.56 Å². The van der Waals surface area contributed by atoms with Gasteiger partial charge in [-0.15, -0.1) is 0 Å². The molecule has 19 heteroatoms. The number of nitrogens with zero attached hydrogens (tertiary/aromatic N) is 3. The molecule has 0 radical (unpaired) electrons. The van der Waals surface area contributed by atoms with Crippen LogP contribution in [0.15, 0.2) is 78.9 Å². The molecule has 0 spiro atoms. The normalized spacial score (nSPS) is 14.6. The number of nitrogens with one attached hydrogen (secondary N) is 5. The highest BCUT2D eigenvalue weighted by Gasteiger charge is 2.57. The van der Waals surface area contributed by atoms with Gasteiger partial charge in [-0.25, -0.2) is 4.79 Å². The molecule has 1 aromatic heterocycles. The Kier molecular flexibility index (Phi) is 12.8. The lowest BCUT2D eigenvalue weighted by molar-refractivity contribution is -0.430. The second kappa shape index (κ2) is 17.3. The van der Waals surface area contributed by atoms with Crippen molar-refractivity contribution in [2.45, 2.75) is 61.9 Å². The molecule has 1 fully saturated rings. The first-order chi connectivity index (χ1) is 26.1. The van der Waals surface area contributed by atoms with Crippen LogP contribution < -0.4 is 31.3 Å². The Bertz CT molecular complexity index is 1950. The van der Waals surface area contributed by atoms with E-state index in [1.165, 1.54) is 24.3 Å². The van der Waals surface area contributed by atoms with Gasteiger partial charge in [0.25, 0.3) is 5.91 Å². The van der Waals surface area contributed by atoms with E-state index in [2.05, 4.69) is 46.3 Å². The number of aliphatic hydroxyl groups is 2. The standard InChI is InChI=1S/C36H38ClF3N8O7/c1-41-19-5-8-26(29(50)44-27(30(51)52)20-21-6-3-2-4-7-21)43-28(49)22-9-15-25(16-10-22)42-31-45-32(47-33(46-31)55-36(53,54)35(38,39)40)48-34(17-18-34)23-11-13-24(37)14-12-23/h2-4,6-7,9-16,26-27,41,53-54H,5,8,17-20H2,1H3,(H,43,49)(H,44,50)(H,51,52)(H2,42,45,46,47,48)/t26-,27+/m1/s1. The summed E-state index contributed by atoms with van der Waals surface area (Å²) in [4.78, 5) is 50.4. The van der Waals surface area contributed by atoms with Gasteiger partial charge in [-0.05, 0) is 86.8 Å². The molecule has 15 nitrogen and oxygen atoms in total. The van der Waals surface area contributed by atoms with Gasteiger partial charge in [0.05, 0.1) is 5.54 Å². The third-order valence-electron chi connectivity index (χ3n) is 8.56. The Balaban J connectivity index is 1.31. The van der Waals surface area contributed by atoms with E-state index in [4.69, 9.17) is 11.6 Å². The molecule has 0 unspecified atom stereocenters. The second-order valence-electron chi connectivity index (χ2n) is 12.8. The minimum atomic E-state index is -5.62. The average molecular weight is 787 g/mol. The maximum Gasteiger partial charge on any atom is 0.486 e. The highest BCUT2D eigenvalue weighted by atomic mass is 35.5. The number of carboxylic acids is 1. The van der Waals surface area contributed by atoms with Gasteiger partial charge in [-0.1, -0.05) is 54.1 Å². The smallest absolute Gasteiger partial charge is 0.480 e. The predicted octanol–water partition coefficient (Wildman–Crippen LogP) is 3.86. The number of halogens is 4. The number of benzene rings is 3. The van der Waals surface area contributed by atoms with Gasteiger partial charge < -0.3 is 46.6 Å². The Morgan fingerprint density at radius 3 is 2.15 bits per heavy atom. The van der Waals surface area contributed by atoms with Gasteiger partial charge in [-0.2, -0.15) is 28.1 Å². The van der Waals surface area contributed by atoms with Crippen LogP contribution in [0, 0.1) is 0 Å². The van der Waals surface area contributed by atoms with Crippen molar-refractivity contribution in [1.29, 1.82) is 0 Å². The van der Waals surface area contributed by atoms with Crippen LogP contribution in [0.25, 0.3) is 0 Å². The summed E-state index contributed by atoms with van der Waals surface area (Å²) in [7, 11) is 1.73. The zero-order chi connectivity index (χ0) is 39.8. The van der Waals surface area contributed by atoms with Crippen LogP contribution in [0.1, 0.15) is 47.2 Å². The molecular formula is C36H38ClF3N8O7. The van der Waals surface area contributed by atoms with Gasteiger partial charge in [-0.3, -0.25) is 9.59 Å². The third-order valence-corrected chi connectivity index (χ3v) is 8.81. The van der Waals surface area contributed by atoms with Gasteiger partial charge in [0.1, 0.15) is 12.1 Å². The molecule has 3 aromatic carbocycles. The Hall–Kier alpha value is -5.56. The number of rotatable bonds is 18. The molecule has 8 N–H and O–H groups in total. The van der Waals surface area contributed by atoms with Crippen molar-refractivity contribution in [3.05, 3.63) is 101 Å². The van der Waals surface area contributed by atoms with Crippen molar-refractivity contribution in [2.24, 2.45) is 0 Å². The minimum Gasteiger partial charge on any atom is -0.480 e. The first-order valence-corrected chi connectivity index (χ1v) is 17.4. The monoisotopic (exact) mass is 786 g/mol. The number of carbonyl (C=O) groups excluding carboxylic acids is 2. The van der Waals surface area contributed by atoms with Crippen molar-refractivity contribution in [3.63, 3.8) is 0 Å². The van der Waals surface area contributed by atoms with Crippen LogP contribution in [-0.4, -0.2) is 85.9 Å². The number of hydrogen-bond donors (Lipinski definition) is 8. The first-order valence-electron chi connectivity index (χ1n) is 17.0. The molecule has 292 valence electrons. The zero-order valence-electron chi connectivity index (χ0n) is 29.2. The quantitative estimate of drug-likeness (QED) is 0.0532. The van der Waals surface area contributed by atoms with E-state index in [1.54, 1.807) is 61.6 Å². The highest BCUT2D eigenvalue weighted by molar-refractivity contribution is 6.30. The van der Waals surface area contributed by atoms with E-state index in [9.17, 15) is 42.9 Å². The minimum absolute atomic E-state index is 0.0341. The Morgan fingerprint density at radius 1 is 0.891 bits per heavy atom. The fourth-order valence-electron chi connectivity index (χ4n) is 5.44. The number of carbonyl (C=O) groups is 3. The van der Waals surface area contributed by atoms with E-state index >= 15 is 0 Å². The number of aromatic nitrogens is 3. The lowest BCUT2D eigenvalue weighted by Crippen LogP contribution is -2.52. The average Bonchev–Trinajstić information content (AvgIpc) is 3.91. The zero-order valence-corrected chi connectivity index (χ0v) is 30.0. The van der Waals surface area contributed by atoms with Crippen molar-refractivity contribution < 1.29 is 47.6 Å². The highest BCUT2D eigenvalue weighted by Crippen LogP contribution is 2.48. The molecule has 0 aliphatic heterocycles. The summed E-state index contributed by atoms with van der Waals surface area (Å²) in [5.41, 5.74) is 1.18. The molecule has 0 bridgehead atoms. The van der Waals surface area contributed by atoms with Gasteiger partial charge in [0.15, 0.2) is 0 Å². The van der Waals surface area contributed by atoms with Crippen molar-refractivity contribution in [3.8, 4) is 6.01 Å². The molecule has 2 atom stereocenters. The van der Waals surface area contributed by atoms with Crippen molar-refractivity contribution >= 4 is 47.0 Å². The lowest BCUT2D eigenvalue weighted by atomic mass is 10.0. The topological polar surface area (TPSA) is 220 Å². The van der Waals surface area contributed by atoms with Crippen LogP contribution in [0.3, 0.4) is 0 Å². The molecule has 0 saturated heterocycles. The van der Waals surface area contributed by atoms with E-state index in [0.29, 0.717) is 36.4 Å². The van der Waals surface area contributed by atoms with Crippen molar-refractivity contribution in [2.75, 3.05) is 24.2 Å². The summed E-state index contributed by atoms with van der Waals surface area (Å²) in [5.74, 6) is -7.76. The summed E-state index contributed by atoms with van der Waals surface area (Å²) in [6, 6.07) is 17.9.